The third-order valence-corrected chi connectivity index (χ3v) is 6.08. The Labute approximate surface area is 203 Å². The Bertz CT molecular complexity index is 1300. The summed E-state index contributed by atoms with van der Waals surface area (Å²) in [5.41, 5.74) is -1.25. The fourth-order valence-electron chi connectivity index (χ4n) is 3.13. The zero-order valence-corrected chi connectivity index (χ0v) is 20.7. The number of nitrogens with zero attached hydrogens (tertiary/aromatic N) is 3. The molecule has 11 heteroatoms. The Hall–Kier alpha value is -2.88. The molecule has 1 aromatic heterocycles. The summed E-state index contributed by atoms with van der Waals surface area (Å²) in [4.78, 5) is 42.4. The first kappa shape index (κ1) is 24.8. The average Bonchev–Trinajstić information content (AvgIpc) is 2.77. The molecule has 0 saturated heterocycles. The van der Waals surface area contributed by atoms with E-state index in [1.165, 1.54) is 11.7 Å². The SMILES string of the molecule is COC(=O)C(C)(C)Cn1c(=O)nc(Nc2ccc([Si])c(Cl)c2)n(Cc2ccc(Cl)cc2)c1=O. The van der Waals surface area contributed by atoms with E-state index in [1.807, 2.05) is 0 Å². The Morgan fingerprint density at radius 3 is 2.39 bits per heavy atom. The van der Waals surface area contributed by atoms with Gasteiger partial charge in [0, 0.05) is 22.3 Å². The van der Waals surface area contributed by atoms with Crippen molar-refractivity contribution in [1.29, 1.82) is 0 Å². The molecular formula is C22H21Cl2N4O4Si. The number of hydrogen-bond donors (Lipinski definition) is 1. The van der Waals surface area contributed by atoms with Gasteiger partial charge in [-0.15, -0.1) is 0 Å². The number of hydrogen-bond acceptors (Lipinski definition) is 6. The second-order valence-electron chi connectivity index (χ2n) is 7.99. The van der Waals surface area contributed by atoms with Crippen LogP contribution in [0, 0.1) is 5.41 Å². The molecule has 1 heterocycles. The van der Waals surface area contributed by atoms with Crippen molar-refractivity contribution in [3.63, 3.8) is 0 Å². The monoisotopic (exact) mass is 503 g/mol. The van der Waals surface area contributed by atoms with Crippen molar-refractivity contribution >= 4 is 56.2 Å². The molecule has 33 heavy (non-hydrogen) atoms. The molecule has 3 aromatic rings. The van der Waals surface area contributed by atoms with E-state index in [9.17, 15) is 14.4 Å². The van der Waals surface area contributed by atoms with Gasteiger partial charge >= 0.3 is 17.3 Å². The number of halogens is 2. The Balaban J connectivity index is 2.12. The molecule has 0 spiro atoms. The van der Waals surface area contributed by atoms with Crippen LogP contribution in [0.15, 0.2) is 52.1 Å². The van der Waals surface area contributed by atoms with Gasteiger partial charge in [-0.3, -0.25) is 9.36 Å². The zero-order chi connectivity index (χ0) is 24.3. The van der Waals surface area contributed by atoms with E-state index in [4.69, 9.17) is 27.9 Å². The molecular weight excluding hydrogens is 483 g/mol. The van der Waals surface area contributed by atoms with Crippen LogP contribution < -0.4 is 21.9 Å². The van der Waals surface area contributed by atoms with Crippen molar-refractivity contribution in [1.82, 2.24) is 14.1 Å². The van der Waals surface area contributed by atoms with Gasteiger partial charge in [-0.2, -0.15) is 4.98 Å². The second kappa shape index (κ2) is 9.94. The molecule has 8 nitrogen and oxygen atoms in total. The van der Waals surface area contributed by atoms with Crippen molar-refractivity contribution in [2.75, 3.05) is 12.4 Å². The van der Waals surface area contributed by atoms with Crippen LogP contribution in [0.25, 0.3) is 0 Å². The van der Waals surface area contributed by atoms with Gasteiger partial charge in [0.1, 0.15) is 0 Å². The predicted molar refractivity (Wildman–Crippen MR) is 129 cm³/mol. The largest absolute Gasteiger partial charge is 0.469 e. The third-order valence-electron chi connectivity index (χ3n) is 4.92. The smallest absolute Gasteiger partial charge is 0.354 e. The summed E-state index contributed by atoms with van der Waals surface area (Å²) < 4.78 is 7.04. The lowest BCUT2D eigenvalue weighted by atomic mass is 9.94. The van der Waals surface area contributed by atoms with Gasteiger partial charge in [0.05, 0.1) is 29.3 Å². The lowest BCUT2D eigenvalue weighted by molar-refractivity contribution is -0.151. The van der Waals surface area contributed by atoms with E-state index < -0.39 is 22.8 Å². The maximum absolute atomic E-state index is 13.4. The molecule has 0 amide bonds. The van der Waals surface area contributed by atoms with Crippen molar-refractivity contribution in [3.05, 3.63) is 79.0 Å². The lowest BCUT2D eigenvalue weighted by Crippen LogP contribution is -2.46. The summed E-state index contributed by atoms with van der Waals surface area (Å²) in [6.07, 6.45) is 0. The van der Waals surface area contributed by atoms with Crippen LogP contribution in [-0.2, 0) is 22.6 Å². The van der Waals surface area contributed by atoms with Crippen LogP contribution in [0.2, 0.25) is 10.0 Å². The first-order valence-electron chi connectivity index (χ1n) is 9.84. The molecule has 0 fully saturated rings. The highest BCUT2D eigenvalue weighted by Crippen LogP contribution is 2.20. The predicted octanol–water partition coefficient (Wildman–Crippen LogP) is 2.50. The minimum absolute atomic E-state index is 0.0323. The van der Waals surface area contributed by atoms with Crippen LogP contribution in [0.5, 0.6) is 0 Å². The van der Waals surface area contributed by atoms with Gasteiger partial charge in [0.25, 0.3) is 0 Å². The van der Waals surface area contributed by atoms with Gasteiger partial charge < -0.3 is 10.1 Å². The highest BCUT2D eigenvalue weighted by molar-refractivity contribution is 6.45. The summed E-state index contributed by atoms with van der Waals surface area (Å²) >= 11 is 12.1. The van der Waals surface area contributed by atoms with Gasteiger partial charge in [-0.05, 0) is 48.9 Å². The maximum atomic E-state index is 13.4. The molecule has 0 saturated carbocycles. The summed E-state index contributed by atoms with van der Waals surface area (Å²) in [5.74, 6) is -0.519. The number of carbonyl (C=O) groups excluding carboxylic acids is 1. The van der Waals surface area contributed by atoms with Crippen molar-refractivity contribution in [3.8, 4) is 0 Å². The average molecular weight is 504 g/mol. The van der Waals surface area contributed by atoms with E-state index in [1.54, 1.807) is 56.3 Å². The highest BCUT2D eigenvalue weighted by atomic mass is 35.5. The number of methoxy groups -OCH3 is 1. The second-order valence-corrected chi connectivity index (χ2v) is 9.38. The summed E-state index contributed by atoms with van der Waals surface area (Å²) in [5, 5.41) is 4.68. The molecule has 0 unspecified atom stereocenters. The van der Waals surface area contributed by atoms with Crippen molar-refractivity contribution in [2.45, 2.75) is 26.9 Å². The number of carbonyl (C=O) groups is 1. The summed E-state index contributed by atoms with van der Waals surface area (Å²) in [6.45, 7) is 3.08. The quantitative estimate of drug-likeness (QED) is 0.393. The minimum atomic E-state index is -1.12. The highest BCUT2D eigenvalue weighted by Gasteiger charge is 2.31. The first-order chi connectivity index (χ1) is 15.5. The van der Waals surface area contributed by atoms with Crippen molar-refractivity contribution in [2.24, 2.45) is 5.41 Å². The van der Waals surface area contributed by atoms with E-state index in [2.05, 4.69) is 20.5 Å². The number of esters is 1. The van der Waals surface area contributed by atoms with Crippen LogP contribution in [0.3, 0.4) is 0 Å². The Kier molecular flexibility index (Phi) is 7.46. The van der Waals surface area contributed by atoms with Crippen LogP contribution in [0.4, 0.5) is 11.6 Å². The van der Waals surface area contributed by atoms with E-state index in [-0.39, 0.29) is 19.0 Å². The van der Waals surface area contributed by atoms with Crippen LogP contribution in [0.1, 0.15) is 19.4 Å². The standard InChI is InChI=1S/C22H21Cl2N4O4Si/c1-22(2,18(29)32-3)12-28-20(30)26-19(25-15-8-9-17(33)16(24)10-15)27(21(28)31)11-13-4-6-14(23)7-5-13/h4-10H,11-12H2,1-3H3,(H,25,26,30). The van der Waals surface area contributed by atoms with E-state index in [0.717, 1.165) is 10.1 Å². The number of benzene rings is 2. The molecule has 0 bridgehead atoms. The number of anilines is 2. The minimum Gasteiger partial charge on any atom is -0.469 e. The number of rotatable bonds is 7. The molecule has 2 aromatic carbocycles. The lowest BCUT2D eigenvalue weighted by Gasteiger charge is -2.23. The van der Waals surface area contributed by atoms with Gasteiger partial charge in [0.15, 0.2) is 0 Å². The van der Waals surface area contributed by atoms with E-state index >= 15 is 0 Å². The van der Waals surface area contributed by atoms with Crippen LogP contribution >= 0.6 is 23.2 Å². The summed E-state index contributed by atoms with van der Waals surface area (Å²) in [7, 11) is 4.63. The maximum Gasteiger partial charge on any atom is 0.354 e. The Morgan fingerprint density at radius 1 is 1.12 bits per heavy atom. The summed E-state index contributed by atoms with van der Waals surface area (Å²) in [6, 6.07) is 12.0. The topological polar surface area (TPSA) is 95.2 Å². The number of nitrogens with one attached hydrogen (secondary N) is 1. The fraction of sp³-hybridized carbons (Fsp3) is 0.273. The van der Waals surface area contributed by atoms with Crippen molar-refractivity contribution < 1.29 is 9.53 Å². The number of ether oxygens (including phenoxy) is 1. The van der Waals surface area contributed by atoms with Gasteiger partial charge in [-0.1, -0.05) is 41.4 Å². The number of aromatic nitrogens is 3. The molecule has 171 valence electrons. The van der Waals surface area contributed by atoms with Crippen LogP contribution in [-0.4, -0.2) is 37.4 Å². The Morgan fingerprint density at radius 2 is 1.79 bits per heavy atom. The molecule has 0 aliphatic carbocycles. The van der Waals surface area contributed by atoms with Gasteiger partial charge in [-0.25, -0.2) is 14.2 Å². The third kappa shape index (κ3) is 5.73. The molecule has 1 N–H and O–H groups in total. The molecule has 0 aliphatic rings. The normalized spacial score (nSPS) is 11.3. The fourth-order valence-corrected chi connectivity index (χ4v) is 3.60. The molecule has 3 radical (unpaired) electrons. The molecule has 0 atom stereocenters. The molecule has 0 aliphatic heterocycles. The van der Waals surface area contributed by atoms with Gasteiger partial charge in [0.2, 0.25) is 5.95 Å². The molecule has 3 rings (SSSR count). The first-order valence-corrected chi connectivity index (χ1v) is 11.1. The van der Waals surface area contributed by atoms with E-state index in [0.29, 0.717) is 20.9 Å². The zero-order valence-electron chi connectivity index (χ0n) is 18.2.